The number of nitrogens with zero attached hydrogens (tertiary/aromatic N) is 2. The van der Waals surface area contributed by atoms with Gasteiger partial charge in [0.15, 0.2) is 0 Å². The van der Waals surface area contributed by atoms with Gasteiger partial charge in [-0.1, -0.05) is 66.2 Å². The van der Waals surface area contributed by atoms with E-state index in [-0.39, 0.29) is 6.61 Å². The van der Waals surface area contributed by atoms with Crippen LogP contribution in [0.4, 0.5) is 0 Å². The molecule has 1 unspecified atom stereocenters. The molecule has 5 heteroatoms. The average Bonchev–Trinajstić information content (AvgIpc) is 3.15. The standard InChI is InChI=1S/C23H22ClN2O2/c24-22-10-4-2-7-19(22)14-25-12-13-26(17-25)15-20(27)16-28-23-11-5-8-18-6-1-3-9-21(18)23/h1-13,17,20,27H,14-16H2/q+1. The number of halogens is 1. The fourth-order valence-corrected chi connectivity index (χ4v) is 3.46. The van der Waals surface area contributed by atoms with Gasteiger partial charge in [-0.05, 0) is 17.5 Å². The summed E-state index contributed by atoms with van der Waals surface area (Å²) >= 11 is 6.23. The Balaban J connectivity index is 1.36. The fourth-order valence-electron chi connectivity index (χ4n) is 3.27. The zero-order chi connectivity index (χ0) is 19.3. The molecule has 0 fully saturated rings. The minimum absolute atomic E-state index is 0.233. The monoisotopic (exact) mass is 393 g/mol. The van der Waals surface area contributed by atoms with Crippen molar-refractivity contribution in [3.05, 3.63) is 96.0 Å². The molecule has 1 aromatic heterocycles. The molecule has 4 aromatic rings. The predicted molar refractivity (Wildman–Crippen MR) is 111 cm³/mol. The first-order valence-electron chi connectivity index (χ1n) is 9.26. The maximum atomic E-state index is 10.4. The van der Waals surface area contributed by atoms with Crippen LogP contribution in [0, 0.1) is 0 Å². The van der Waals surface area contributed by atoms with Crippen LogP contribution in [0.2, 0.25) is 5.02 Å². The topological polar surface area (TPSA) is 38.3 Å². The number of hydrogen-bond donors (Lipinski definition) is 1. The van der Waals surface area contributed by atoms with Crippen LogP contribution in [0.3, 0.4) is 0 Å². The van der Waals surface area contributed by atoms with Gasteiger partial charge in [0.05, 0.1) is 0 Å². The maximum absolute atomic E-state index is 10.4. The molecule has 4 nitrogen and oxygen atoms in total. The van der Waals surface area contributed by atoms with E-state index >= 15 is 0 Å². The lowest BCUT2D eigenvalue weighted by Crippen LogP contribution is -2.32. The van der Waals surface area contributed by atoms with Crippen LogP contribution in [0.15, 0.2) is 85.5 Å². The highest BCUT2D eigenvalue weighted by molar-refractivity contribution is 6.31. The molecule has 3 aromatic carbocycles. The van der Waals surface area contributed by atoms with Gasteiger partial charge in [-0.15, -0.1) is 0 Å². The Morgan fingerprint density at radius 2 is 1.79 bits per heavy atom. The highest BCUT2D eigenvalue weighted by Crippen LogP contribution is 2.25. The SMILES string of the molecule is OC(COc1cccc2ccccc12)Cn1cc[n+](Cc2ccccc2Cl)c1. The van der Waals surface area contributed by atoms with Crippen LogP contribution in [0.1, 0.15) is 5.56 Å². The first kappa shape index (κ1) is 18.5. The molecule has 142 valence electrons. The van der Waals surface area contributed by atoms with Crippen molar-refractivity contribution in [2.24, 2.45) is 0 Å². The molecule has 0 radical (unpaired) electrons. The smallest absolute Gasteiger partial charge is 0.244 e. The Morgan fingerprint density at radius 3 is 2.68 bits per heavy atom. The Kier molecular flexibility index (Phi) is 5.60. The van der Waals surface area contributed by atoms with Crippen molar-refractivity contribution in [1.82, 2.24) is 4.57 Å². The van der Waals surface area contributed by atoms with Gasteiger partial charge < -0.3 is 9.84 Å². The average molecular weight is 394 g/mol. The van der Waals surface area contributed by atoms with E-state index in [1.807, 2.05) is 82.5 Å². The Bertz CT molecular complexity index is 1070. The van der Waals surface area contributed by atoms with E-state index in [0.29, 0.717) is 13.1 Å². The molecule has 0 amide bonds. The van der Waals surface area contributed by atoms with Gasteiger partial charge >= 0.3 is 0 Å². The van der Waals surface area contributed by atoms with Crippen LogP contribution < -0.4 is 9.30 Å². The van der Waals surface area contributed by atoms with Crippen molar-refractivity contribution in [3.8, 4) is 5.75 Å². The largest absolute Gasteiger partial charge is 0.490 e. The molecule has 1 heterocycles. The molecule has 0 saturated carbocycles. The summed E-state index contributed by atoms with van der Waals surface area (Å²) in [4.78, 5) is 0. The van der Waals surface area contributed by atoms with Crippen LogP contribution in [0.5, 0.6) is 5.75 Å². The number of hydrogen-bond acceptors (Lipinski definition) is 2. The van der Waals surface area contributed by atoms with Crippen LogP contribution in [0.25, 0.3) is 10.8 Å². The van der Waals surface area contributed by atoms with Gasteiger partial charge in [-0.2, -0.15) is 0 Å². The number of fused-ring (bicyclic) bond motifs is 1. The maximum Gasteiger partial charge on any atom is 0.244 e. The van der Waals surface area contributed by atoms with E-state index in [4.69, 9.17) is 16.3 Å². The third kappa shape index (κ3) is 4.35. The van der Waals surface area contributed by atoms with Gasteiger partial charge in [0.2, 0.25) is 6.33 Å². The number of benzene rings is 3. The summed E-state index contributed by atoms with van der Waals surface area (Å²) in [6.07, 6.45) is 5.27. The summed E-state index contributed by atoms with van der Waals surface area (Å²) in [6.45, 7) is 1.38. The molecule has 0 aliphatic heterocycles. The van der Waals surface area contributed by atoms with Gasteiger partial charge in [0.25, 0.3) is 0 Å². The molecule has 0 bridgehead atoms. The van der Waals surface area contributed by atoms with E-state index in [1.165, 1.54) is 0 Å². The van der Waals surface area contributed by atoms with Crippen LogP contribution >= 0.6 is 11.6 Å². The van der Waals surface area contributed by atoms with E-state index < -0.39 is 6.10 Å². The number of aliphatic hydroxyl groups is 1. The summed E-state index contributed by atoms with van der Waals surface area (Å²) in [5.41, 5.74) is 1.06. The number of imidazole rings is 1. The number of rotatable bonds is 7. The van der Waals surface area contributed by atoms with Crippen molar-refractivity contribution >= 4 is 22.4 Å². The van der Waals surface area contributed by atoms with E-state index in [1.54, 1.807) is 0 Å². The lowest BCUT2D eigenvalue weighted by molar-refractivity contribution is -0.687. The van der Waals surface area contributed by atoms with E-state index in [9.17, 15) is 5.11 Å². The second-order valence-electron chi connectivity index (χ2n) is 6.82. The quantitative estimate of drug-likeness (QED) is 0.481. The first-order valence-corrected chi connectivity index (χ1v) is 9.64. The minimum Gasteiger partial charge on any atom is -0.490 e. The second kappa shape index (κ2) is 8.46. The van der Waals surface area contributed by atoms with Crippen LogP contribution in [-0.2, 0) is 13.1 Å². The first-order chi connectivity index (χ1) is 13.7. The molecule has 28 heavy (non-hydrogen) atoms. The van der Waals surface area contributed by atoms with Gasteiger partial charge in [-0.3, -0.25) is 0 Å². The number of aliphatic hydroxyl groups excluding tert-OH is 1. The number of ether oxygens (including phenoxy) is 1. The number of aromatic nitrogens is 2. The van der Waals surface area contributed by atoms with Crippen molar-refractivity contribution in [2.45, 2.75) is 19.2 Å². The molecule has 0 aliphatic carbocycles. The lowest BCUT2D eigenvalue weighted by atomic mass is 10.1. The summed E-state index contributed by atoms with van der Waals surface area (Å²) in [7, 11) is 0. The van der Waals surface area contributed by atoms with Crippen LogP contribution in [-0.4, -0.2) is 22.4 Å². The van der Waals surface area contributed by atoms with E-state index in [2.05, 4.69) is 12.1 Å². The third-order valence-corrected chi connectivity index (χ3v) is 5.03. The summed E-state index contributed by atoms with van der Waals surface area (Å²) in [6, 6.07) is 21.8. The van der Waals surface area contributed by atoms with Gasteiger partial charge in [-0.25, -0.2) is 9.13 Å². The van der Waals surface area contributed by atoms with Crippen molar-refractivity contribution in [2.75, 3.05) is 6.61 Å². The zero-order valence-corrected chi connectivity index (χ0v) is 16.2. The Labute approximate surface area is 169 Å². The minimum atomic E-state index is -0.611. The molecule has 0 spiro atoms. The van der Waals surface area contributed by atoms with E-state index in [0.717, 1.165) is 27.1 Å². The Hall–Kier alpha value is -2.82. The molecule has 4 rings (SSSR count). The molecule has 0 saturated heterocycles. The third-order valence-electron chi connectivity index (χ3n) is 4.66. The summed E-state index contributed by atoms with van der Waals surface area (Å²) in [5, 5.41) is 13.3. The molecule has 0 aliphatic rings. The summed E-state index contributed by atoms with van der Waals surface area (Å²) in [5.74, 6) is 0.790. The second-order valence-corrected chi connectivity index (χ2v) is 7.22. The lowest BCUT2D eigenvalue weighted by Gasteiger charge is -2.12. The fraction of sp³-hybridized carbons (Fsp3) is 0.174. The zero-order valence-electron chi connectivity index (χ0n) is 15.4. The predicted octanol–water partition coefficient (Wildman–Crippen LogP) is 4.07. The summed E-state index contributed by atoms with van der Waals surface area (Å²) < 4.78 is 9.88. The van der Waals surface area contributed by atoms with Gasteiger partial charge in [0.1, 0.15) is 43.9 Å². The molecular weight excluding hydrogens is 372 g/mol. The molecule has 1 atom stereocenters. The highest BCUT2D eigenvalue weighted by atomic mass is 35.5. The highest BCUT2D eigenvalue weighted by Gasteiger charge is 2.13. The normalized spacial score (nSPS) is 12.2. The van der Waals surface area contributed by atoms with Crippen molar-refractivity contribution < 1.29 is 14.4 Å². The Morgan fingerprint density at radius 1 is 1.00 bits per heavy atom. The molecular formula is C23H22ClN2O2+. The van der Waals surface area contributed by atoms with Crippen molar-refractivity contribution in [3.63, 3.8) is 0 Å². The van der Waals surface area contributed by atoms with Gasteiger partial charge in [0, 0.05) is 16.0 Å². The molecule has 1 N–H and O–H groups in total. The van der Waals surface area contributed by atoms with Crippen molar-refractivity contribution in [1.29, 1.82) is 0 Å².